The van der Waals surface area contributed by atoms with Gasteiger partial charge >= 0.3 is 5.97 Å². The van der Waals surface area contributed by atoms with Gasteiger partial charge in [0.2, 0.25) is 0 Å². The number of halogens is 1. The second-order valence-corrected chi connectivity index (χ2v) is 3.56. The Morgan fingerprint density at radius 3 is 3.00 bits per heavy atom. The van der Waals surface area contributed by atoms with Crippen LogP contribution in [0, 0.1) is 0 Å². The van der Waals surface area contributed by atoms with Gasteiger partial charge in [0.25, 0.3) is 0 Å². The lowest BCUT2D eigenvalue weighted by atomic mass is 10.1. The molecule has 1 rings (SSSR count). The molecular weight excluding hydrogens is 228 g/mol. The van der Waals surface area contributed by atoms with Crippen LogP contribution < -0.4 is 5.32 Å². The summed E-state index contributed by atoms with van der Waals surface area (Å²) in [6.07, 6.45) is 4.47. The largest absolute Gasteiger partial charge is 0.476 e. The molecular formula is C11H13ClN2O2. The summed E-state index contributed by atoms with van der Waals surface area (Å²) in [5.74, 6) is -1.07. The van der Waals surface area contributed by atoms with E-state index >= 15 is 0 Å². The molecule has 0 bridgehead atoms. The lowest BCUT2D eigenvalue weighted by Crippen LogP contribution is -2.06. The fourth-order valence-electron chi connectivity index (χ4n) is 1.19. The molecule has 5 heteroatoms. The van der Waals surface area contributed by atoms with Crippen LogP contribution in [0.5, 0.6) is 0 Å². The Morgan fingerprint density at radius 2 is 2.38 bits per heavy atom. The van der Waals surface area contributed by atoms with Crippen LogP contribution in [0.25, 0.3) is 6.08 Å². The molecule has 16 heavy (non-hydrogen) atoms. The summed E-state index contributed by atoms with van der Waals surface area (Å²) in [6.45, 7) is 0.847. The van der Waals surface area contributed by atoms with E-state index in [2.05, 4.69) is 10.3 Å². The Morgan fingerprint density at radius 1 is 1.62 bits per heavy atom. The van der Waals surface area contributed by atoms with Crippen molar-refractivity contribution in [3.05, 3.63) is 34.6 Å². The van der Waals surface area contributed by atoms with Gasteiger partial charge in [-0.1, -0.05) is 23.8 Å². The molecule has 0 amide bonds. The first-order valence-corrected chi connectivity index (χ1v) is 5.24. The van der Waals surface area contributed by atoms with Crippen molar-refractivity contribution in [2.75, 3.05) is 13.6 Å². The van der Waals surface area contributed by atoms with Gasteiger partial charge in [0.15, 0.2) is 5.69 Å². The lowest BCUT2D eigenvalue weighted by Gasteiger charge is -2.00. The van der Waals surface area contributed by atoms with Crippen molar-refractivity contribution in [3.63, 3.8) is 0 Å². The summed E-state index contributed by atoms with van der Waals surface area (Å²) < 4.78 is 0. The van der Waals surface area contributed by atoms with E-state index in [1.54, 1.807) is 18.2 Å². The number of nitrogens with zero attached hydrogens (tertiary/aromatic N) is 1. The average Bonchev–Trinajstić information content (AvgIpc) is 2.26. The van der Waals surface area contributed by atoms with Gasteiger partial charge in [-0.05, 0) is 32.1 Å². The highest BCUT2D eigenvalue weighted by Gasteiger charge is 2.09. The first kappa shape index (κ1) is 12.7. The summed E-state index contributed by atoms with van der Waals surface area (Å²) in [6, 6.07) is 3.22. The number of hydrogen-bond acceptors (Lipinski definition) is 3. The zero-order valence-corrected chi connectivity index (χ0v) is 9.66. The number of pyridine rings is 1. The van der Waals surface area contributed by atoms with Crippen LogP contribution in [0.4, 0.5) is 0 Å². The van der Waals surface area contributed by atoms with Gasteiger partial charge in [-0.15, -0.1) is 0 Å². The second-order valence-electron chi connectivity index (χ2n) is 3.17. The van der Waals surface area contributed by atoms with Gasteiger partial charge in [-0.2, -0.15) is 0 Å². The molecule has 0 aliphatic heterocycles. The van der Waals surface area contributed by atoms with Crippen LogP contribution in [-0.4, -0.2) is 29.7 Å². The normalized spacial score (nSPS) is 10.9. The molecule has 0 aromatic carbocycles. The van der Waals surface area contributed by atoms with Gasteiger partial charge < -0.3 is 10.4 Å². The molecule has 86 valence electrons. The van der Waals surface area contributed by atoms with Crippen LogP contribution >= 0.6 is 11.6 Å². The standard InChI is InChI=1S/C11H13ClN2O2/c1-13-7-3-2-4-8-5-6-9(12)14-10(8)11(15)16/h2,4-6,13H,3,7H2,1H3,(H,15,16). The van der Waals surface area contributed by atoms with Crippen LogP contribution in [0.2, 0.25) is 5.15 Å². The zero-order valence-electron chi connectivity index (χ0n) is 8.90. The average molecular weight is 241 g/mol. The van der Waals surface area contributed by atoms with Crippen molar-refractivity contribution in [2.24, 2.45) is 0 Å². The molecule has 0 saturated carbocycles. The molecule has 0 radical (unpaired) electrons. The molecule has 2 N–H and O–H groups in total. The summed E-state index contributed by atoms with van der Waals surface area (Å²) in [5.41, 5.74) is 0.543. The molecule has 1 aromatic rings. The number of aromatic carboxylic acids is 1. The van der Waals surface area contributed by atoms with Crippen molar-refractivity contribution in [3.8, 4) is 0 Å². The SMILES string of the molecule is CNCCC=Cc1ccc(Cl)nc1C(=O)O. The predicted octanol–water partition coefficient (Wildman–Crippen LogP) is 2.06. The van der Waals surface area contributed by atoms with Crippen molar-refractivity contribution in [1.82, 2.24) is 10.3 Å². The smallest absolute Gasteiger partial charge is 0.355 e. The maximum Gasteiger partial charge on any atom is 0.355 e. The Balaban J connectivity index is 2.86. The summed E-state index contributed by atoms with van der Waals surface area (Å²) in [5, 5.41) is 12.1. The summed E-state index contributed by atoms with van der Waals surface area (Å²) >= 11 is 5.64. The summed E-state index contributed by atoms with van der Waals surface area (Å²) in [7, 11) is 1.86. The maximum atomic E-state index is 10.9. The van der Waals surface area contributed by atoms with Crippen LogP contribution in [0.3, 0.4) is 0 Å². The monoisotopic (exact) mass is 240 g/mol. The number of aromatic nitrogens is 1. The fourth-order valence-corrected chi connectivity index (χ4v) is 1.34. The number of hydrogen-bond donors (Lipinski definition) is 2. The van der Waals surface area contributed by atoms with Crippen molar-refractivity contribution < 1.29 is 9.90 Å². The highest BCUT2D eigenvalue weighted by atomic mass is 35.5. The van der Waals surface area contributed by atoms with Gasteiger partial charge in [-0.3, -0.25) is 0 Å². The van der Waals surface area contributed by atoms with E-state index in [1.807, 2.05) is 13.1 Å². The minimum Gasteiger partial charge on any atom is -0.476 e. The molecule has 0 saturated heterocycles. The first-order chi connectivity index (χ1) is 7.65. The predicted molar refractivity (Wildman–Crippen MR) is 63.8 cm³/mol. The molecule has 0 aliphatic carbocycles. The van der Waals surface area contributed by atoms with Gasteiger partial charge in [-0.25, -0.2) is 9.78 Å². The van der Waals surface area contributed by atoms with Crippen molar-refractivity contribution in [2.45, 2.75) is 6.42 Å². The quantitative estimate of drug-likeness (QED) is 0.611. The highest BCUT2D eigenvalue weighted by molar-refractivity contribution is 6.29. The van der Waals surface area contributed by atoms with E-state index in [4.69, 9.17) is 16.7 Å². The first-order valence-electron chi connectivity index (χ1n) is 4.86. The second kappa shape index (κ2) is 6.25. The molecule has 0 fully saturated rings. The minimum atomic E-state index is -1.07. The van der Waals surface area contributed by atoms with Gasteiger partial charge in [0.1, 0.15) is 5.15 Å². The van der Waals surface area contributed by atoms with Crippen molar-refractivity contribution >= 4 is 23.6 Å². The third-order valence-corrected chi connectivity index (χ3v) is 2.16. The van der Waals surface area contributed by atoms with Crippen LogP contribution in [-0.2, 0) is 0 Å². The van der Waals surface area contributed by atoms with Crippen LogP contribution in [0.1, 0.15) is 22.5 Å². The molecule has 4 nitrogen and oxygen atoms in total. The Labute approximate surface area is 99.0 Å². The Hall–Kier alpha value is -1.39. The zero-order chi connectivity index (χ0) is 12.0. The van der Waals surface area contributed by atoms with Crippen LogP contribution in [0.15, 0.2) is 18.2 Å². The van der Waals surface area contributed by atoms with E-state index in [-0.39, 0.29) is 10.8 Å². The lowest BCUT2D eigenvalue weighted by molar-refractivity contribution is 0.0690. The fraction of sp³-hybridized carbons (Fsp3) is 0.273. The maximum absolute atomic E-state index is 10.9. The minimum absolute atomic E-state index is 0.0202. The molecule has 1 heterocycles. The van der Waals surface area contributed by atoms with E-state index in [0.29, 0.717) is 5.56 Å². The molecule has 0 atom stereocenters. The Bertz CT molecular complexity index is 405. The molecule has 1 aromatic heterocycles. The number of rotatable bonds is 5. The van der Waals surface area contributed by atoms with E-state index < -0.39 is 5.97 Å². The number of nitrogens with one attached hydrogen (secondary N) is 1. The number of carboxylic acids is 1. The molecule has 0 spiro atoms. The van der Waals surface area contributed by atoms with E-state index in [9.17, 15) is 4.79 Å². The third kappa shape index (κ3) is 3.64. The van der Waals surface area contributed by atoms with Gasteiger partial charge in [0, 0.05) is 5.56 Å². The topological polar surface area (TPSA) is 62.2 Å². The Kier molecular flexibility index (Phi) is 4.95. The molecule has 0 unspecified atom stereocenters. The van der Waals surface area contributed by atoms with E-state index in [0.717, 1.165) is 13.0 Å². The highest BCUT2D eigenvalue weighted by Crippen LogP contribution is 2.13. The number of carboxylic acid groups (broad SMARTS) is 1. The van der Waals surface area contributed by atoms with Gasteiger partial charge in [0.05, 0.1) is 0 Å². The van der Waals surface area contributed by atoms with E-state index in [1.165, 1.54) is 0 Å². The number of carbonyl (C=O) groups is 1. The van der Waals surface area contributed by atoms with Crippen molar-refractivity contribution in [1.29, 1.82) is 0 Å². The third-order valence-electron chi connectivity index (χ3n) is 1.95. The molecule has 0 aliphatic rings. The summed E-state index contributed by atoms with van der Waals surface area (Å²) in [4.78, 5) is 14.7.